The molecule has 0 saturated heterocycles. The molecule has 0 aliphatic heterocycles. The molecule has 0 atom stereocenters. The van der Waals surface area contributed by atoms with Gasteiger partial charge in [-0.3, -0.25) is 0 Å². The molecule has 0 fully saturated rings. The van der Waals surface area contributed by atoms with Gasteiger partial charge in [-0.25, -0.2) is 9.78 Å². The van der Waals surface area contributed by atoms with Crippen LogP contribution in [0.5, 0.6) is 11.5 Å². The number of hydrogen-bond donors (Lipinski definition) is 0. The zero-order valence-corrected chi connectivity index (χ0v) is 13.1. The maximum atomic E-state index is 5.82. The predicted molar refractivity (Wildman–Crippen MR) is 85.1 cm³/mol. The van der Waals surface area contributed by atoms with Gasteiger partial charge in [-0.2, -0.15) is 0 Å². The van der Waals surface area contributed by atoms with Crippen molar-refractivity contribution in [1.29, 1.82) is 0 Å². The topological polar surface area (TPSA) is 36.9 Å². The van der Waals surface area contributed by atoms with Crippen LogP contribution in [0.1, 0.15) is 18.1 Å². The van der Waals surface area contributed by atoms with E-state index in [1.54, 1.807) is 0 Å². The molecular weight excluding hydrogens is 280 g/mol. The lowest BCUT2D eigenvalue weighted by molar-refractivity contribution is -0.271. The monoisotopic (exact) mass is 302 g/mol. The Kier molecular flexibility index (Phi) is 6.74. The van der Waals surface area contributed by atoms with Gasteiger partial charge in [-0.05, 0) is 24.1 Å². The molecule has 0 spiro atoms. The summed E-state index contributed by atoms with van der Waals surface area (Å²) in [6, 6.07) is 16.0. The fourth-order valence-electron chi connectivity index (χ4n) is 2.10. The molecule has 0 radical (unpaired) electrons. The summed E-state index contributed by atoms with van der Waals surface area (Å²) in [5.74, 6) is 1.62. The van der Waals surface area contributed by atoms with Crippen LogP contribution in [0.4, 0.5) is 0 Å². The van der Waals surface area contributed by atoms with Gasteiger partial charge in [0.05, 0.1) is 20.3 Å². The van der Waals surface area contributed by atoms with E-state index in [1.165, 1.54) is 7.11 Å². The van der Waals surface area contributed by atoms with E-state index in [0.29, 0.717) is 19.8 Å². The van der Waals surface area contributed by atoms with Crippen LogP contribution in [0.3, 0.4) is 0 Å². The van der Waals surface area contributed by atoms with Crippen LogP contribution < -0.4 is 9.47 Å². The van der Waals surface area contributed by atoms with Crippen LogP contribution >= 0.6 is 0 Å². The first-order valence-electron chi connectivity index (χ1n) is 7.41. The minimum Gasteiger partial charge on any atom is -0.493 e. The van der Waals surface area contributed by atoms with E-state index >= 15 is 0 Å². The molecule has 2 rings (SSSR count). The van der Waals surface area contributed by atoms with Gasteiger partial charge in [0.2, 0.25) is 0 Å². The average molecular weight is 302 g/mol. The second-order valence-corrected chi connectivity index (χ2v) is 4.72. The maximum absolute atomic E-state index is 5.82. The highest BCUT2D eigenvalue weighted by molar-refractivity contribution is 5.41. The summed E-state index contributed by atoms with van der Waals surface area (Å²) in [4.78, 5) is 9.53. The van der Waals surface area contributed by atoms with E-state index in [4.69, 9.17) is 14.4 Å². The van der Waals surface area contributed by atoms with Crippen molar-refractivity contribution in [3.8, 4) is 11.5 Å². The number of ether oxygens (including phenoxy) is 2. The molecule has 4 heteroatoms. The highest BCUT2D eigenvalue weighted by atomic mass is 17.2. The van der Waals surface area contributed by atoms with Gasteiger partial charge < -0.3 is 9.47 Å². The first kappa shape index (κ1) is 16.3. The van der Waals surface area contributed by atoms with Gasteiger partial charge in [0.1, 0.15) is 18.1 Å². The van der Waals surface area contributed by atoms with E-state index in [0.717, 1.165) is 29.0 Å². The highest BCUT2D eigenvalue weighted by Crippen LogP contribution is 2.26. The van der Waals surface area contributed by atoms with Crippen LogP contribution in [0, 0.1) is 0 Å². The van der Waals surface area contributed by atoms with Crippen molar-refractivity contribution in [3.05, 3.63) is 59.7 Å². The fraction of sp³-hybridized carbons (Fsp3) is 0.333. The maximum Gasteiger partial charge on any atom is 0.126 e. The fourth-order valence-corrected chi connectivity index (χ4v) is 2.10. The molecule has 0 saturated carbocycles. The molecule has 2 aromatic carbocycles. The minimum atomic E-state index is 0.487. The van der Waals surface area contributed by atoms with Gasteiger partial charge in [0, 0.05) is 12.5 Å². The Labute approximate surface area is 131 Å². The quantitative estimate of drug-likeness (QED) is 0.401. The lowest BCUT2D eigenvalue weighted by Gasteiger charge is -2.13. The molecular formula is C18H22O4. The summed E-state index contributed by atoms with van der Waals surface area (Å²) in [5, 5.41) is 0. The molecule has 0 N–H and O–H groups in total. The van der Waals surface area contributed by atoms with Gasteiger partial charge in [0.15, 0.2) is 0 Å². The van der Waals surface area contributed by atoms with Gasteiger partial charge in [0.25, 0.3) is 0 Å². The Hall–Kier alpha value is -2.04. The zero-order chi connectivity index (χ0) is 15.6. The third-order valence-corrected chi connectivity index (χ3v) is 3.16. The largest absolute Gasteiger partial charge is 0.493 e. The second-order valence-electron chi connectivity index (χ2n) is 4.72. The number of rotatable bonds is 9. The first-order chi connectivity index (χ1) is 10.8. The van der Waals surface area contributed by atoms with Crippen LogP contribution in [0.2, 0.25) is 0 Å². The highest BCUT2D eigenvalue weighted by Gasteiger charge is 2.07. The van der Waals surface area contributed by atoms with Gasteiger partial charge >= 0.3 is 0 Å². The molecule has 0 unspecified atom stereocenters. The van der Waals surface area contributed by atoms with Gasteiger partial charge in [-0.1, -0.05) is 36.4 Å². The van der Waals surface area contributed by atoms with Crippen LogP contribution in [-0.4, -0.2) is 20.3 Å². The standard InChI is InChI=1S/C18H22O4/c1-3-20-18-13-17(10-9-16(18)11-12-22-19-2)21-14-15-7-5-4-6-8-15/h4-10,13H,3,11-12,14H2,1-2H3. The summed E-state index contributed by atoms with van der Waals surface area (Å²) < 4.78 is 11.5. The van der Waals surface area contributed by atoms with E-state index in [1.807, 2.05) is 55.5 Å². The Morgan fingerprint density at radius 2 is 1.77 bits per heavy atom. The Balaban J connectivity index is 2.01. The zero-order valence-electron chi connectivity index (χ0n) is 13.1. The summed E-state index contributed by atoms with van der Waals surface area (Å²) in [5.41, 5.74) is 2.21. The number of benzene rings is 2. The lowest BCUT2D eigenvalue weighted by atomic mass is 10.1. The normalized spacial score (nSPS) is 10.5. The number of hydrogen-bond acceptors (Lipinski definition) is 4. The first-order valence-corrected chi connectivity index (χ1v) is 7.41. The van der Waals surface area contributed by atoms with E-state index in [2.05, 4.69) is 4.89 Å². The molecule has 22 heavy (non-hydrogen) atoms. The third-order valence-electron chi connectivity index (χ3n) is 3.16. The Morgan fingerprint density at radius 1 is 0.955 bits per heavy atom. The van der Waals surface area contributed by atoms with Crippen LogP contribution in [0.15, 0.2) is 48.5 Å². The third kappa shape index (κ3) is 5.06. The SMILES string of the molecule is CCOc1cc(OCc2ccccc2)ccc1CCOOC. The van der Waals surface area contributed by atoms with Crippen molar-refractivity contribution in [1.82, 2.24) is 0 Å². The van der Waals surface area contributed by atoms with Crippen LogP contribution in [0.25, 0.3) is 0 Å². The van der Waals surface area contributed by atoms with E-state index in [-0.39, 0.29) is 0 Å². The summed E-state index contributed by atoms with van der Waals surface area (Å²) in [7, 11) is 1.50. The van der Waals surface area contributed by atoms with Crippen molar-refractivity contribution in [3.63, 3.8) is 0 Å². The Morgan fingerprint density at radius 3 is 2.50 bits per heavy atom. The molecule has 0 aliphatic carbocycles. The predicted octanol–water partition coefficient (Wildman–Crippen LogP) is 3.78. The van der Waals surface area contributed by atoms with Gasteiger partial charge in [-0.15, -0.1) is 0 Å². The molecule has 0 bridgehead atoms. The van der Waals surface area contributed by atoms with E-state index < -0.39 is 0 Å². The van der Waals surface area contributed by atoms with E-state index in [9.17, 15) is 0 Å². The van der Waals surface area contributed by atoms with Crippen molar-refractivity contribution >= 4 is 0 Å². The molecule has 0 aliphatic rings. The molecule has 0 heterocycles. The Bertz CT molecular complexity index is 554. The summed E-state index contributed by atoms with van der Waals surface area (Å²) in [6.07, 6.45) is 0.724. The van der Waals surface area contributed by atoms with Crippen LogP contribution in [-0.2, 0) is 22.8 Å². The van der Waals surface area contributed by atoms with Crippen molar-refractivity contribution < 1.29 is 19.2 Å². The van der Waals surface area contributed by atoms with Crippen molar-refractivity contribution in [2.75, 3.05) is 20.3 Å². The lowest BCUT2D eigenvalue weighted by Crippen LogP contribution is -2.03. The molecule has 0 aromatic heterocycles. The minimum absolute atomic E-state index is 0.487. The second kappa shape index (κ2) is 9.07. The summed E-state index contributed by atoms with van der Waals surface area (Å²) >= 11 is 0. The van der Waals surface area contributed by atoms with Crippen molar-refractivity contribution in [2.45, 2.75) is 20.0 Å². The molecule has 118 valence electrons. The summed E-state index contributed by atoms with van der Waals surface area (Å²) in [6.45, 7) is 3.60. The average Bonchev–Trinajstić information content (AvgIpc) is 2.56. The smallest absolute Gasteiger partial charge is 0.126 e. The molecule has 2 aromatic rings. The van der Waals surface area contributed by atoms with Crippen molar-refractivity contribution in [2.24, 2.45) is 0 Å². The molecule has 4 nitrogen and oxygen atoms in total. The molecule has 0 amide bonds.